The number of carbonyl (C=O) groups excluding carboxylic acids is 1. The highest BCUT2D eigenvalue weighted by Crippen LogP contribution is 2.25. The van der Waals surface area contributed by atoms with E-state index in [0.717, 1.165) is 12.8 Å². The van der Waals surface area contributed by atoms with Gasteiger partial charge in [0.15, 0.2) is 0 Å². The molecule has 0 amide bonds. The summed E-state index contributed by atoms with van der Waals surface area (Å²) in [6, 6.07) is 2.22. The summed E-state index contributed by atoms with van der Waals surface area (Å²) in [6.45, 7) is 10.6. The van der Waals surface area contributed by atoms with Gasteiger partial charge in [-0.25, -0.2) is 0 Å². The van der Waals surface area contributed by atoms with Crippen molar-refractivity contribution in [3.63, 3.8) is 0 Å². The number of hydrogen-bond acceptors (Lipinski definition) is 2. The van der Waals surface area contributed by atoms with E-state index in [9.17, 15) is 4.79 Å². The van der Waals surface area contributed by atoms with Gasteiger partial charge in [-0.05, 0) is 68.4 Å². The van der Waals surface area contributed by atoms with E-state index in [1.54, 1.807) is 0 Å². The number of hydrogen-bond donors (Lipinski definition) is 0. The molecule has 0 saturated heterocycles. The summed E-state index contributed by atoms with van der Waals surface area (Å²) in [4.78, 5) is 11.7. The second-order valence-electron chi connectivity index (χ2n) is 5.07. The van der Waals surface area contributed by atoms with Crippen molar-refractivity contribution in [1.29, 1.82) is 0 Å². The average molecular weight is 248 g/mol. The molecule has 0 aromatic heterocycles. The summed E-state index contributed by atoms with van der Waals surface area (Å²) in [6.07, 6.45) is 1.60. The van der Waals surface area contributed by atoms with E-state index in [-0.39, 0.29) is 11.9 Å². The molecule has 0 fully saturated rings. The summed E-state index contributed by atoms with van der Waals surface area (Å²) < 4.78 is 4.88. The van der Waals surface area contributed by atoms with Gasteiger partial charge in [-0.3, -0.25) is 4.79 Å². The summed E-state index contributed by atoms with van der Waals surface area (Å²) in [5.41, 5.74) is 6.52. The number of carbonyl (C=O) groups is 1. The molecule has 1 aromatic rings. The molecule has 1 atom stereocenters. The zero-order chi connectivity index (χ0) is 13.9. The van der Waals surface area contributed by atoms with Gasteiger partial charge in [0, 0.05) is 0 Å². The van der Waals surface area contributed by atoms with Crippen molar-refractivity contribution in [1.82, 2.24) is 0 Å². The van der Waals surface area contributed by atoms with E-state index in [2.05, 4.69) is 33.8 Å². The first-order chi connectivity index (χ1) is 8.42. The van der Waals surface area contributed by atoms with E-state index in [0.29, 0.717) is 0 Å². The second-order valence-corrected chi connectivity index (χ2v) is 5.07. The minimum Gasteiger partial charge on any atom is -0.469 e. The highest BCUT2D eigenvalue weighted by atomic mass is 16.5. The molecular formula is C16H24O2. The van der Waals surface area contributed by atoms with Crippen molar-refractivity contribution in [2.45, 2.75) is 47.5 Å². The van der Waals surface area contributed by atoms with Crippen LogP contribution in [0.3, 0.4) is 0 Å². The van der Waals surface area contributed by atoms with Gasteiger partial charge in [0.05, 0.1) is 13.0 Å². The van der Waals surface area contributed by atoms with Crippen LogP contribution < -0.4 is 0 Å². The molecule has 100 valence electrons. The molecule has 0 N–H and O–H groups in total. The van der Waals surface area contributed by atoms with Crippen LogP contribution in [0, 0.1) is 33.6 Å². The van der Waals surface area contributed by atoms with Crippen molar-refractivity contribution in [3.8, 4) is 0 Å². The lowest BCUT2D eigenvalue weighted by atomic mass is 9.87. The molecule has 1 aromatic carbocycles. The Morgan fingerprint density at radius 3 is 2.06 bits per heavy atom. The van der Waals surface area contributed by atoms with Gasteiger partial charge in [0.25, 0.3) is 0 Å². The van der Waals surface area contributed by atoms with E-state index >= 15 is 0 Å². The Morgan fingerprint density at radius 1 is 1.17 bits per heavy atom. The van der Waals surface area contributed by atoms with Gasteiger partial charge < -0.3 is 4.74 Å². The van der Waals surface area contributed by atoms with Crippen LogP contribution in [0.15, 0.2) is 6.07 Å². The molecule has 0 heterocycles. The van der Waals surface area contributed by atoms with Crippen molar-refractivity contribution < 1.29 is 9.53 Å². The van der Waals surface area contributed by atoms with E-state index in [1.165, 1.54) is 34.9 Å². The number of methoxy groups -OCH3 is 1. The topological polar surface area (TPSA) is 26.3 Å². The van der Waals surface area contributed by atoms with Crippen molar-refractivity contribution in [3.05, 3.63) is 33.9 Å². The van der Waals surface area contributed by atoms with Crippen LogP contribution in [0.1, 0.15) is 41.2 Å². The Bertz CT molecular complexity index is 421. The standard InChI is InChI=1S/C16H24O2/c1-7-14(16(17)18-6)9-15-12(4)10(2)8-11(3)13(15)5/h8,14H,7,9H2,1-6H3. The Kier molecular flexibility index (Phi) is 4.94. The molecule has 0 aliphatic heterocycles. The minimum absolute atomic E-state index is 0.0337. The van der Waals surface area contributed by atoms with Gasteiger partial charge in [-0.2, -0.15) is 0 Å². The van der Waals surface area contributed by atoms with Gasteiger partial charge in [-0.1, -0.05) is 13.0 Å². The maximum Gasteiger partial charge on any atom is 0.308 e. The number of aryl methyl sites for hydroxylation is 2. The van der Waals surface area contributed by atoms with Crippen LogP contribution in [0.4, 0.5) is 0 Å². The van der Waals surface area contributed by atoms with Crippen LogP contribution in [0.5, 0.6) is 0 Å². The molecule has 18 heavy (non-hydrogen) atoms. The third kappa shape index (κ3) is 2.92. The Labute approximate surface area is 110 Å². The molecule has 0 saturated carbocycles. The third-order valence-electron chi connectivity index (χ3n) is 4.00. The van der Waals surface area contributed by atoms with E-state index in [1.807, 2.05) is 6.92 Å². The number of ether oxygens (including phenoxy) is 1. The molecule has 0 aliphatic rings. The van der Waals surface area contributed by atoms with Crippen LogP contribution >= 0.6 is 0 Å². The highest BCUT2D eigenvalue weighted by Gasteiger charge is 2.20. The first kappa shape index (κ1) is 14.7. The largest absolute Gasteiger partial charge is 0.469 e. The van der Waals surface area contributed by atoms with Crippen molar-refractivity contribution in [2.24, 2.45) is 5.92 Å². The third-order valence-corrected chi connectivity index (χ3v) is 4.00. The molecule has 2 heteroatoms. The quantitative estimate of drug-likeness (QED) is 0.760. The zero-order valence-electron chi connectivity index (χ0n) is 12.4. The molecule has 1 unspecified atom stereocenters. The van der Waals surface area contributed by atoms with Crippen LogP contribution in [0.2, 0.25) is 0 Å². The fourth-order valence-corrected chi connectivity index (χ4v) is 2.41. The lowest BCUT2D eigenvalue weighted by Gasteiger charge is -2.19. The monoisotopic (exact) mass is 248 g/mol. The SMILES string of the molecule is CCC(Cc1c(C)c(C)cc(C)c1C)C(=O)OC. The van der Waals surface area contributed by atoms with Crippen LogP contribution in [0.25, 0.3) is 0 Å². The molecule has 1 rings (SSSR count). The molecule has 0 aliphatic carbocycles. The summed E-state index contributed by atoms with van der Waals surface area (Å²) in [7, 11) is 1.46. The predicted molar refractivity (Wildman–Crippen MR) is 74.9 cm³/mol. The van der Waals surface area contributed by atoms with Gasteiger partial charge in [0.1, 0.15) is 0 Å². The molecule has 0 bridgehead atoms. The summed E-state index contributed by atoms with van der Waals surface area (Å²) in [5, 5.41) is 0. The summed E-state index contributed by atoms with van der Waals surface area (Å²) in [5.74, 6) is -0.135. The molecule has 0 radical (unpaired) electrons. The summed E-state index contributed by atoms with van der Waals surface area (Å²) >= 11 is 0. The number of esters is 1. The molecule has 2 nitrogen and oxygen atoms in total. The van der Waals surface area contributed by atoms with Crippen LogP contribution in [-0.2, 0) is 16.0 Å². The maximum absolute atomic E-state index is 11.7. The predicted octanol–water partition coefficient (Wildman–Crippen LogP) is 3.66. The zero-order valence-corrected chi connectivity index (χ0v) is 12.4. The second kappa shape index (κ2) is 6.03. The number of benzene rings is 1. The number of rotatable bonds is 4. The fraction of sp³-hybridized carbons (Fsp3) is 0.562. The van der Waals surface area contributed by atoms with Crippen LogP contribution in [-0.4, -0.2) is 13.1 Å². The fourth-order valence-electron chi connectivity index (χ4n) is 2.41. The van der Waals surface area contributed by atoms with E-state index < -0.39 is 0 Å². The molecular weight excluding hydrogens is 224 g/mol. The highest BCUT2D eigenvalue weighted by molar-refractivity contribution is 5.72. The minimum atomic E-state index is -0.101. The average Bonchev–Trinajstić information content (AvgIpc) is 2.36. The Morgan fingerprint density at radius 2 is 1.67 bits per heavy atom. The molecule has 0 spiro atoms. The van der Waals surface area contributed by atoms with Gasteiger partial charge >= 0.3 is 5.97 Å². The first-order valence-corrected chi connectivity index (χ1v) is 6.56. The Hall–Kier alpha value is -1.31. The van der Waals surface area contributed by atoms with E-state index in [4.69, 9.17) is 4.74 Å². The normalized spacial score (nSPS) is 12.3. The van der Waals surface area contributed by atoms with Gasteiger partial charge in [-0.15, -0.1) is 0 Å². The van der Waals surface area contributed by atoms with Gasteiger partial charge in [0.2, 0.25) is 0 Å². The maximum atomic E-state index is 11.7. The lowest BCUT2D eigenvalue weighted by Crippen LogP contribution is -2.19. The lowest BCUT2D eigenvalue weighted by molar-refractivity contribution is -0.145. The first-order valence-electron chi connectivity index (χ1n) is 6.56. The van der Waals surface area contributed by atoms with Crippen molar-refractivity contribution >= 4 is 5.97 Å². The Balaban J connectivity index is 3.13. The smallest absolute Gasteiger partial charge is 0.308 e. The van der Waals surface area contributed by atoms with Crippen molar-refractivity contribution in [2.75, 3.05) is 7.11 Å².